The van der Waals surface area contributed by atoms with Crippen LogP contribution in [0.25, 0.3) is 0 Å². The molecule has 1 aromatic carbocycles. The number of hydrogen-bond acceptors (Lipinski definition) is 5. The van der Waals surface area contributed by atoms with E-state index >= 15 is 0 Å². The van der Waals surface area contributed by atoms with Gasteiger partial charge < -0.3 is 15.0 Å². The van der Waals surface area contributed by atoms with Crippen LogP contribution in [0.3, 0.4) is 0 Å². The SMILES string of the molecule is CC(C)(C)OC(=O)c1cn(C2Cc3ccccc3C2=O)c(C(N)=O)n1. The van der Waals surface area contributed by atoms with Crippen LogP contribution >= 0.6 is 0 Å². The summed E-state index contributed by atoms with van der Waals surface area (Å²) in [4.78, 5) is 40.6. The molecule has 0 radical (unpaired) electrons. The molecule has 0 fully saturated rings. The summed E-state index contributed by atoms with van der Waals surface area (Å²) in [5.74, 6) is -1.74. The van der Waals surface area contributed by atoms with Crippen molar-refractivity contribution in [2.45, 2.75) is 38.8 Å². The van der Waals surface area contributed by atoms with Gasteiger partial charge in [0.1, 0.15) is 11.6 Å². The van der Waals surface area contributed by atoms with Crippen molar-refractivity contribution in [1.82, 2.24) is 9.55 Å². The van der Waals surface area contributed by atoms with Crippen LogP contribution in [-0.2, 0) is 11.2 Å². The molecule has 0 saturated carbocycles. The number of esters is 1. The first-order valence-electron chi connectivity index (χ1n) is 7.91. The molecule has 1 atom stereocenters. The molecule has 2 aromatic rings. The van der Waals surface area contributed by atoms with E-state index in [-0.39, 0.29) is 17.3 Å². The zero-order valence-corrected chi connectivity index (χ0v) is 14.3. The van der Waals surface area contributed by atoms with Gasteiger partial charge in [-0.05, 0) is 26.3 Å². The van der Waals surface area contributed by atoms with Gasteiger partial charge in [-0.25, -0.2) is 9.78 Å². The third kappa shape index (κ3) is 3.17. The van der Waals surface area contributed by atoms with Gasteiger partial charge in [0.25, 0.3) is 5.91 Å². The van der Waals surface area contributed by atoms with Crippen LogP contribution in [0.5, 0.6) is 0 Å². The van der Waals surface area contributed by atoms with E-state index in [4.69, 9.17) is 10.5 Å². The Morgan fingerprint density at radius 3 is 2.56 bits per heavy atom. The van der Waals surface area contributed by atoms with E-state index < -0.39 is 23.5 Å². The van der Waals surface area contributed by atoms with Crippen LogP contribution in [0.4, 0.5) is 0 Å². The maximum Gasteiger partial charge on any atom is 0.359 e. The van der Waals surface area contributed by atoms with E-state index in [1.807, 2.05) is 12.1 Å². The molecule has 1 heterocycles. The van der Waals surface area contributed by atoms with Crippen LogP contribution < -0.4 is 5.73 Å². The Morgan fingerprint density at radius 1 is 1.28 bits per heavy atom. The minimum atomic E-state index is -0.807. The number of nitrogens with zero attached hydrogens (tertiary/aromatic N) is 2. The first-order valence-corrected chi connectivity index (χ1v) is 7.91. The molecule has 1 unspecified atom stereocenters. The van der Waals surface area contributed by atoms with Crippen molar-refractivity contribution in [3.8, 4) is 0 Å². The summed E-state index contributed by atoms with van der Waals surface area (Å²) in [7, 11) is 0. The molecule has 7 heteroatoms. The van der Waals surface area contributed by atoms with Crippen LogP contribution in [0.2, 0.25) is 0 Å². The molecular weight excluding hydrogens is 322 g/mol. The fraction of sp³-hybridized carbons (Fsp3) is 0.333. The standard InChI is InChI=1S/C18H19N3O4/c1-18(2,3)25-17(24)12-9-21(16(20-12)15(19)23)13-8-10-6-4-5-7-11(10)14(13)22/h4-7,9,13H,8H2,1-3H3,(H2,19,23). The lowest BCUT2D eigenvalue weighted by Crippen LogP contribution is -2.24. The zero-order valence-electron chi connectivity index (χ0n) is 14.3. The Balaban J connectivity index is 1.99. The number of amides is 1. The molecule has 1 aromatic heterocycles. The number of primary amides is 1. The lowest BCUT2D eigenvalue weighted by atomic mass is 10.1. The molecule has 130 valence electrons. The van der Waals surface area contributed by atoms with Crippen LogP contribution in [-0.4, -0.2) is 32.8 Å². The summed E-state index contributed by atoms with van der Waals surface area (Å²) in [5, 5.41) is 0. The molecule has 1 aliphatic rings. The number of Topliss-reactive ketones (excluding diaryl/α,β-unsaturated/α-hetero) is 1. The van der Waals surface area contributed by atoms with Crippen LogP contribution in [0, 0.1) is 0 Å². The largest absolute Gasteiger partial charge is 0.455 e. The highest BCUT2D eigenvalue weighted by atomic mass is 16.6. The predicted octanol–water partition coefficient (Wildman–Crippen LogP) is 1.92. The van der Waals surface area contributed by atoms with Gasteiger partial charge >= 0.3 is 5.97 Å². The Bertz CT molecular complexity index is 877. The second kappa shape index (κ2) is 5.84. The average molecular weight is 341 g/mol. The number of imidazole rings is 1. The number of ether oxygens (including phenoxy) is 1. The Labute approximate surface area is 144 Å². The smallest absolute Gasteiger partial charge is 0.359 e. The highest BCUT2D eigenvalue weighted by Gasteiger charge is 2.35. The van der Waals surface area contributed by atoms with Gasteiger partial charge in [-0.2, -0.15) is 0 Å². The number of hydrogen-bond donors (Lipinski definition) is 1. The summed E-state index contributed by atoms with van der Waals surface area (Å²) in [5.41, 5.74) is 6.13. The maximum absolute atomic E-state index is 12.7. The molecule has 1 aliphatic carbocycles. The van der Waals surface area contributed by atoms with Gasteiger partial charge in [0.15, 0.2) is 17.3 Å². The molecular formula is C18H19N3O4. The lowest BCUT2D eigenvalue weighted by molar-refractivity contribution is 0.00630. The summed E-state index contributed by atoms with van der Waals surface area (Å²) >= 11 is 0. The zero-order chi connectivity index (χ0) is 18.4. The fourth-order valence-corrected chi connectivity index (χ4v) is 2.89. The Hall–Kier alpha value is -2.96. The number of carbonyl (C=O) groups is 3. The van der Waals surface area contributed by atoms with E-state index in [2.05, 4.69) is 4.98 Å². The molecule has 0 spiro atoms. The minimum absolute atomic E-state index is 0.0486. The molecule has 7 nitrogen and oxygen atoms in total. The van der Waals surface area contributed by atoms with Crippen molar-refractivity contribution in [2.75, 3.05) is 0 Å². The number of nitrogens with two attached hydrogens (primary N) is 1. The van der Waals surface area contributed by atoms with E-state index in [0.29, 0.717) is 12.0 Å². The summed E-state index contributed by atoms with van der Waals surface area (Å²) in [6.07, 6.45) is 1.78. The van der Waals surface area contributed by atoms with E-state index in [0.717, 1.165) is 5.56 Å². The molecule has 0 aliphatic heterocycles. The van der Waals surface area contributed by atoms with E-state index in [1.54, 1.807) is 32.9 Å². The number of ketones is 1. The summed E-state index contributed by atoms with van der Waals surface area (Å²) in [6, 6.07) is 6.59. The summed E-state index contributed by atoms with van der Waals surface area (Å²) in [6.45, 7) is 5.19. The highest BCUT2D eigenvalue weighted by Crippen LogP contribution is 2.31. The molecule has 2 N–H and O–H groups in total. The van der Waals surface area contributed by atoms with E-state index in [1.165, 1.54) is 10.8 Å². The van der Waals surface area contributed by atoms with Crippen molar-refractivity contribution in [2.24, 2.45) is 5.73 Å². The van der Waals surface area contributed by atoms with Crippen LogP contribution in [0.1, 0.15) is 63.8 Å². The minimum Gasteiger partial charge on any atom is -0.455 e. The second-order valence-electron chi connectivity index (χ2n) is 6.96. The summed E-state index contributed by atoms with van der Waals surface area (Å²) < 4.78 is 6.65. The highest BCUT2D eigenvalue weighted by molar-refractivity contribution is 6.04. The first-order chi connectivity index (χ1) is 11.7. The monoisotopic (exact) mass is 341 g/mol. The Morgan fingerprint density at radius 2 is 1.96 bits per heavy atom. The lowest BCUT2D eigenvalue weighted by Gasteiger charge is -2.18. The van der Waals surface area contributed by atoms with E-state index in [9.17, 15) is 14.4 Å². The third-order valence-electron chi connectivity index (χ3n) is 3.90. The number of fused-ring (bicyclic) bond motifs is 1. The van der Waals surface area contributed by atoms with Gasteiger partial charge in [0, 0.05) is 18.2 Å². The number of benzene rings is 1. The van der Waals surface area contributed by atoms with Gasteiger partial charge in [-0.3, -0.25) is 9.59 Å². The normalized spacial score (nSPS) is 16.6. The average Bonchev–Trinajstić information content (AvgIpc) is 3.08. The quantitative estimate of drug-likeness (QED) is 0.859. The number of carbonyl (C=O) groups excluding carboxylic acids is 3. The Kier molecular flexibility index (Phi) is 3.94. The van der Waals surface area contributed by atoms with Crippen LogP contribution in [0.15, 0.2) is 30.5 Å². The maximum atomic E-state index is 12.7. The molecule has 1 amide bonds. The van der Waals surface area contributed by atoms with Gasteiger partial charge in [0.05, 0.1) is 0 Å². The van der Waals surface area contributed by atoms with Crippen molar-refractivity contribution < 1.29 is 19.1 Å². The third-order valence-corrected chi connectivity index (χ3v) is 3.90. The van der Waals surface area contributed by atoms with Gasteiger partial charge in [-0.15, -0.1) is 0 Å². The van der Waals surface area contributed by atoms with Crippen molar-refractivity contribution in [3.63, 3.8) is 0 Å². The van der Waals surface area contributed by atoms with Gasteiger partial charge in [-0.1, -0.05) is 24.3 Å². The molecule has 0 bridgehead atoms. The topological polar surface area (TPSA) is 104 Å². The predicted molar refractivity (Wildman–Crippen MR) is 89.4 cm³/mol. The molecule has 0 saturated heterocycles. The fourth-order valence-electron chi connectivity index (χ4n) is 2.89. The number of aromatic nitrogens is 2. The van der Waals surface area contributed by atoms with Crippen molar-refractivity contribution in [3.05, 3.63) is 53.1 Å². The molecule has 3 rings (SSSR count). The van der Waals surface area contributed by atoms with Crippen molar-refractivity contribution in [1.29, 1.82) is 0 Å². The first kappa shape index (κ1) is 16.9. The molecule has 25 heavy (non-hydrogen) atoms. The van der Waals surface area contributed by atoms with Crippen molar-refractivity contribution >= 4 is 17.7 Å². The second-order valence-corrected chi connectivity index (χ2v) is 6.96. The van der Waals surface area contributed by atoms with Gasteiger partial charge in [0.2, 0.25) is 0 Å². The number of rotatable bonds is 3.